The van der Waals surface area contributed by atoms with Crippen LogP contribution in [-0.4, -0.2) is 57.8 Å². The van der Waals surface area contributed by atoms with Crippen LogP contribution in [0, 0.1) is 24.7 Å². The first kappa shape index (κ1) is 41.5. The quantitative estimate of drug-likeness (QED) is 0.182. The Kier molecular flexibility index (Phi) is 27.4. The number of amides is 1. The summed E-state index contributed by atoms with van der Waals surface area (Å²) in [5.41, 5.74) is 5.56. The summed E-state index contributed by atoms with van der Waals surface area (Å²) in [5.74, 6) is 2.01. The predicted molar refractivity (Wildman–Crippen MR) is 133 cm³/mol. The van der Waals surface area contributed by atoms with Crippen LogP contribution in [0.1, 0.15) is 23.2 Å². The average Bonchev–Trinajstić information content (AvgIpc) is 2.85. The summed E-state index contributed by atoms with van der Waals surface area (Å²) in [7, 11) is 0. The number of hydrogen-bond acceptors (Lipinski definition) is 8. The van der Waals surface area contributed by atoms with Gasteiger partial charge in [-0.15, -0.1) is 12.8 Å². The van der Waals surface area contributed by atoms with Gasteiger partial charge in [0.2, 0.25) is 0 Å². The van der Waals surface area contributed by atoms with Crippen LogP contribution in [-0.2, 0) is 19.1 Å². The van der Waals surface area contributed by atoms with Crippen molar-refractivity contribution in [3.05, 3.63) is 71.8 Å². The van der Waals surface area contributed by atoms with E-state index in [1.54, 1.807) is 54.6 Å². The van der Waals surface area contributed by atoms with Gasteiger partial charge in [-0.1, -0.05) is 72.5 Å². The van der Waals surface area contributed by atoms with Gasteiger partial charge in [-0.2, -0.15) is 0 Å². The molecule has 0 aromatic heterocycles. The molecule has 1 amide bonds. The Bertz CT molecular complexity index is 1040. The maximum atomic E-state index is 11.2. The summed E-state index contributed by atoms with van der Waals surface area (Å²) in [5, 5.41) is 19.7. The molecule has 0 fully saturated rings. The number of halogens is 1. The molecule has 2 aromatic carbocycles. The zero-order valence-corrected chi connectivity index (χ0v) is 23.0. The number of aliphatic carboxylic acids is 2. The van der Waals surface area contributed by atoms with Gasteiger partial charge in [0.15, 0.2) is 19.3 Å². The van der Waals surface area contributed by atoms with E-state index in [4.69, 9.17) is 40.4 Å². The number of terminal acetylenes is 2. The number of carbonyl (C=O) groups excluding carboxylic acids is 2. The molecular formula is C24H26ClN2NaO10. The molecule has 0 aliphatic carbocycles. The van der Waals surface area contributed by atoms with Gasteiger partial charge < -0.3 is 41.7 Å². The third-order valence-corrected chi connectivity index (χ3v) is 3.73. The second-order valence-electron chi connectivity index (χ2n) is 6.06. The van der Waals surface area contributed by atoms with Crippen molar-refractivity contribution in [3.63, 3.8) is 0 Å². The van der Waals surface area contributed by atoms with Crippen LogP contribution in [0.15, 0.2) is 60.7 Å². The van der Waals surface area contributed by atoms with Gasteiger partial charge in [0.05, 0.1) is 0 Å². The van der Waals surface area contributed by atoms with E-state index in [0.29, 0.717) is 11.1 Å². The Hall–Kier alpha value is -3.59. The molecule has 0 aliphatic heterocycles. The third-order valence-electron chi connectivity index (χ3n) is 3.62. The minimum Gasteiger partial charge on any atom is -0.870 e. The number of benzene rings is 2. The monoisotopic (exact) mass is 560 g/mol. The van der Waals surface area contributed by atoms with Crippen molar-refractivity contribution in [2.24, 2.45) is 5.73 Å². The normalized spacial score (nSPS) is 9.79. The van der Waals surface area contributed by atoms with Gasteiger partial charge in [0.1, 0.15) is 6.04 Å². The largest absolute Gasteiger partial charge is 1.00 e. The van der Waals surface area contributed by atoms with E-state index in [1.807, 2.05) is 6.07 Å². The molecule has 0 unspecified atom stereocenters. The minimum absolute atomic E-state index is 0. The third kappa shape index (κ3) is 19.6. The molecule has 2 atom stereocenters. The van der Waals surface area contributed by atoms with Crippen LogP contribution in [0.5, 0.6) is 0 Å². The maximum absolute atomic E-state index is 11.2. The first-order valence-electron chi connectivity index (χ1n) is 9.57. The van der Waals surface area contributed by atoms with Crippen LogP contribution in [0.25, 0.3) is 0 Å². The minimum atomic E-state index is -1.17. The molecule has 0 saturated heterocycles. The molecule has 200 valence electrons. The number of ether oxygens (including phenoxy) is 2. The maximum Gasteiger partial charge on any atom is 1.00 e. The summed E-state index contributed by atoms with van der Waals surface area (Å²) in [6.45, 7) is -0.255. The molecule has 2 aromatic rings. The second kappa shape index (κ2) is 25.1. The number of nitrogens with two attached hydrogens (primary N) is 1. The number of hydrogen-bond donors (Lipinski definition) is 4. The van der Waals surface area contributed by atoms with Crippen molar-refractivity contribution in [1.29, 1.82) is 0 Å². The molecule has 14 heteroatoms. The van der Waals surface area contributed by atoms with Crippen LogP contribution in [0.2, 0.25) is 0 Å². The Morgan fingerprint density at radius 2 is 1.29 bits per heavy atom. The van der Waals surface area contributed by atoms with E-state index in [9.17, 15) is 19.2 Å². The molecule has 0 aliphatic rings. The fraction of sp³-hybridized carbons (Fsp3) is 0.167. The number of rotatable bonds is 7. The van der Waals surface area contributed by atoms with E-state index in [1.165, 1.54) is 0 Å². The molecule has 0 spiro atoms. The standard InChI is InChI=1S/C12H11NO4.C8H9NO2.C4H3ClO2.Na.2H2O/c1-2-8-17-12(16)13-10(11(14)15)9-6-4-3-5-7-9;9-7(8(10)11)6-4-2-1-3-5-6;1-2-3-7-4(5)6;;;/h1,3-7,10H,8H2,(H,13,16)(H,14,15);1-5,7H,9H2,(H,10,11);1H,3H2;;2*1H2/q;;;+1;;/p-1/t10-;7-;;;;/m11..../s1. The Morgan fingerprint density at radius 3 is 1.63 bits per heavy atom. The van der Waals surface area contributed by atoms with Crippen molar-refractivity contribution in [2.75, 3.05) is 13.2 Å². The molecule has 0 radical (unpaired) electrons. The fourth-order valence-electron chi connectivity index (χ4n) is 2.10. The summed E-state index contributed by atoms with van der Waals surface area (Å²) in [6, 6.07) is 15.0. The van der Waals surface area contributed by atoms with Crippen LogP contribution >= 0.6 is 11.6 Å². The number of alkyl carbamates (subject to hydrolysis) is 1. The van der Waals surface area contributed by atoms with Gasteiger partial charge in [-0.25, -0.2) is 14.4 Å². The van der Waals surface area contributed by atoms with Gasteiger partial charge in [0.25, 0.3) is 0 Å². The van der Waals surface area contributed by atoms with Gasteiger partial charge in [-0.3, -0.25) is 4.79 Å². The topological polar surface area (TPSA) is 227 Å². The predicted octanol–water partition coefficient (Wildman–Crippen LogP) is -1.06. The van der Waals surface area contributed by atoms with E-state index < -0.39 is 35.5 Å². The number of nitrogens with one attached hydrogen (secondary N) is 1. The van der Waals surface area contributed by atoms with Crippen molar-refractivity contribution >= 4 is 35.1 Å². The number of carboxylic acids is 2. The smallest absolute Gasteiger partial charge is 0.870 e. The van der Waals surface area contributed by atoms with E-state index >= 15 is 0 Å². The van der Waals surface area contributed by atoms with Crippen LogP contribution < -0.4 is 40.6 Å². The molecule has 2 rings (SSSR count). The van der Waals surface area contributed by atoms with Crippen LogP contribution in [0.4, 0.5) is 9.59 Å². The SMILES string of the molecule is C#CCOC(=O)Cl.C#CCOC(=O)N[C@@H](C(=O)O)c1ccccc1.N[C@@H](C(=O)O)c1ccccc1.O.[Na+].[OH-]. The Balaban J connectivity index is -0.000000240. The van der Waals surface area contributed by atoms with Gasteiger partial charge >= 0.3 is 53.0 Å². The number of carboxylic acid groups (broad SMARTS) is 2. The Morgan fingerprint density at radius 1 is 0.868 bits per heavy atom. The molecule has 0 heterocycles. The summed E-state index contributed by atoms with van der Waals surface area (Å²) in [6.07, 6.45) is 8.74. The van der Waals surface area contributed by atoms with Crippen molar-refractivity contribution in [2.45, 2.75) is 12.1 Å². The first-order chi connectivity index (χ1) is 16.6. The van der Waals surface area contributed by atoms with Crippen molar-refractivity contribution in [1.82, 2.24) is 5.32 Å². The van der Waals surface area contributed by atoms with Crippen LogP contribution in [0.3, 0.4) is 0 Å². The molecule has 0 saturated carbocycles. The second-order valence-corrected chi connectivity index (χ2v) is 6.37. The average molecular weight is 561 g/mol. The fourth-order valence-corrected chi connectivity index (χ4v) is 2.16. The van der Waals surface area contributed by atoms with Crippen molar-refractivity contribution in [3.8, 4) is 24.7 Å². The first-order valence-corrected chi connectivity index (χ1v) is 9.95. The van der Waals surface area contributed by atoms with Crippen molar-refractivity contribution < 1.29 is 79.4 Å². The van der Waals surface area contributed by atoms with Gasteiger partial charge in [0, 0.05) is 11.6 Å². The zero-order valence-electron chi connectivity index (χ0n) is 20.2. The van der Waals surface area contributed by atoms with Gasteiger partial charge in [-0.05, 0) is 11.1 Å². The number of carbonyl (C=O) groups is 4. The molecule has 8 N–H and O–H groups in total. The molecule has 0 bridgehead atoms. The zero-order chi connectivity index (χ0) is 26.6. The molecule has 12 nitrogen and oxygen atoms in total. The Labute approximate surface area is 246 Å². The molecule has 38 heavy (non-hydrogen) atoms. The summed E-state index contributed by atoms with van der Waals surface area (Å²) in [4.78, 5) is 42.2. The van der Waals surface area contributed by atoms with E-state index in [-0.39, 0.29) is 53.7 Å². The molecular weight excluding hydrogens is 535 g/mol. The van der Waals surface area contributed by atoms with E-state index in [0.717, 1.165) is 0 Å². The van der Waals surface area contributed by atoms with E-state index in [2.05, 4.69) is 26.6 Å². The summed E-state index contributed by atoms with van der Waals surface area (Å²) >= 11 is 4.70. The summed E-state index contributed by atoms with van der Waals surface area (Å²) < 4.78 is 8.63.